The van der Waals surface area contributed by atoms with Crippen LogP contribution in [0.4, 0.5) is 0 Å². The zero-order chi connectivity index (χ0) is 33.5. The summed E-state index contributed by atoms with van der Waals surface area (Å²) in [6.07, 6.45) is 0. The summed E-state index contributed by atoms with van der Waals surface area (Å²) in [5, 5.41) is 7.16. The second kappa shape index (κ2) is 10.8. The Morgan fingerprint density at radius 2 is 1.00 bits per heavy atom. The molecule has 0 radical (unpaired) electrons. The third-order valence-electron chi connectivity index (χ3n) is 10.4. The van der Waals surface area contributed by atoms with Gasteiger partial charge < -0.3 is 4.42 Å². The van der Waals surface area contributed by atoms with E-state index >= 15 is 0 Å². The normalized spacial score (nSPS) is 11.9. The Morgan fingerprint density at radius 1 is 0.353 bits per heavy atom. The first-order valence-corrected chi connectivity index (χ1v) is 17.3. The highest BCUT2D eigenvalue weighted by Gasteiger charge is 2.25. The summed E-state index contributed by atoms with van der Waals surface area (Å²) < 4.78 is 6.44. The first-order valence-electron chi connectivity index (χ1n) is 17.3. The molecule has 3 heteroatoms. The molecular formula is C48H28N2O. The fraction of sp³-hybridized carbons (Fsp3) is 0. The van der Waals surface area contributed by atoms with Crippen molar-refractivity contribution in [2.45, 2.75) is 0 Å². The van der Waals surface area contributed by atoms with Gasteiger partial charge in [0, 0.05) is 38.2 Å². The maximum absolute atomic E-state index is 6.44. The van der Waals surface area contributed by atoms with Crippen molar-refractivity contribution in [1.82, 2.24) is 9.97 Å². The molecule has 0 saturated heterocycles. The van der Waals surface area contributed by atoms with Crippen molar-refractivity contribution in [2.24, 2.45) is 0 Å². The first-order chi connectivity index (χ1) is 25.3. The molecular weight excluding hydrogens is 621 g/mol. The molecule has 10 aromatic rings. The molecule has 11 rings (SSSR count). The lowest BCUT2D eigenvalue weighted by molar-refractivity contribution is 0.672. The van der Waals surface area contributed by atoms with E-state index in [1.165, 1.54) is 49.5 Å². The predicted octanol–water partition coefficient (Wildman–Crippen LogP) is 13.0. The summed E-state index contributed by atoms with van der Waals surface area (Å²) in [5.74, 6) is 0.704. The van der Waals surface area contributed by atoms with Crippen LogP contribution in [0.15, 0.2) is 174 Å². The number of benzene rings is 8. The van der Waals surface area contributed by atoms with Crippen molar-refractivity contribution in [2.75, 3.05) is 0 Å². The van der Waals surface area contributed by atoms with Crippen LogP contribution >= 0.6 is 0 Å². The van der Waals surface area contributed by atoms with Gasteiger partial charge in [0.2, 0.25) is 0 Å². The molecule has 0 unspecified atom stereocenters. The standard InChI is InChI=1S/C48H28N2O/c1-2-11-31(12-3-1)43-28-44(32-22-20-30(21-23-32)35-16-8-13-29-10-4-5-14-34(29)35)50-48(49-43)33-24-25-36-40(26-33)38-17-9-18-39-46(38)41(36)27-42-37-15-6-7-19-45(37)51-47(39)42/h1-28H. The molecule has 0 bridgehead atoms. The van der Waals surface area contributed by atoms with Crippen LogP contribution in [0.25, 0.3) is 111 Å². The van der Waals surface area contributed by atoms with Crippen LogP contribution in [0.2, 0.25) is 0 Å². The Kier molecular flexibility index (Phi) is 5.96. The van der Waals surface area contributed by atoms with Crippen LogP contribution in [0.5, 0.6) is 0 Å². The van der Waals surface area contributed by atoms with Crippen molar-refractivity contribution < 1.29 is 4.42 Å². The second-order valence-electron chi connectivity index (χ2n) is 13.3. The molecule has 0 saturated carbocycles. The predicted molar refractivity (Wildman–Crippen MR) is 210 cm³/mol. The average molecular weight is 649 g/mol. The topological polar surface area (TPSA) is 38.9 Å². The molecule has 0 aliphatic heterocycles. The summed E-state index contributed by atoms with van der Waals surface area (Å²) in [7, 11) is 0. The first kappa shape index (κ1) is 28.0. The van der Waals surface area contributed by atoms with Crippen LogP contribution in [-0.2, 0) is 0 Å². The monoisotopic (exact) mass is 648 g/mol. The number of hydrogen-bond acceptors (Lipinski definition) is 3. The van der Waals surface area contributed by atoms with Gasteiger partial charge in [-0.1, -0.05) is 146 Å². The van der Waals surface area contributed by atoms with E-state index in [0.29, 0.717) is 5.82 Å². The van der Waals surface area contributed by atoms with E-state index in [-0.39, 0.29) is 0 Å². The summed E-state index contributed by atoms with van der Waals surface area (Å²) in [6.45, 7) is 0. The van der Waals surface area contributed by atoms with Gasteiger partial charge in [-0.15, -0.1) is 0 Å². The number of para-hydroxylation sites is 1. The fourth-order valence-electron chi connectivity index (χ4n) is 8.01. The highest BCUT2D eigenvalue weighted by molar-refractivity contribution is 6.26. The van der Waals surface area contributed by atoms with Crippen molar-refractivity contribution in [3.63, 3.8) is 0 Å². The molecule has 2 heterocycles. The smallest absolute Gasteiger partial charge is 0.160 e. The third kappa shape index (κ3) is 4.32. The molecule has 236 valence electrons. The molecule has 1 aliphatic carbocycles. The van der Waals surface area contributed by atoms with Crippen LogP contribution in [-0.4, -0.2) is 9.97 Å². The van der Waals surface area contributed by atoms with E-state index in [1.54, 1.807) is 0 Å². The average Bonchev–Trinajstić information content (AvgIpc) is 3.74. The van der Waals surface area contributed by atoms with Gasteiger partial charge in [0.05, 0.1) is 11.4 Å². The van der Waals surface area contributed by atoms with Gasteiger partial charge in [-0.2, -0.15) is 0 Å². The number of hydrogen-bond donors (Lipinski definition) is 0. The molecule has 3 nitrogen and oxygen atoms in total. The van der Waals surface area contributed by atoms with Gasteiger partial charge in [0.15, 0.2) is 5.82 Å². The van der Waals surface area contributed by atoms with Gasteiger partial charge in [0.25, 0.3) is 0 Å². The summed E-state index contributed by atoms with van der Waals surface area (Å²) >= 11 is 0. The highest BCUT2D eigenvalue weighted by Crippen LogP contribution is 2.51. The molecule has 0 spiro atoms. The van der Waals surface area contributed by atoms with Crippen molar-refractivity contribution in [3.8, 4) is 67.3 Å². The summed E-state index contributed by atoms with van der Waals surface area (Å²) in [5.41, 5.74) is 14.0. The van der Waals surface area contributed by atoms with E-state index in [4.69, 9.17) is 14.4 Å². The minimum Gasteiger partial charge on any atom is -0.455 e. The van der Waals surface area contributed by atoms with E-state index in [2.05, 4.69) is 152 Å². The number of aromatic nitrogens is 2. The molecule has 51 heavy (non-hydrogen) atoms. The Balaban J connectivity index is 1.05. The second-order valence-corrected chi connectivity index (χ2v) is 13.3. The number of nitrogens with zero attached hydrogens (tertiary/aromatic N) is 2. The van der Waals surface area contributed by atoms with Gasteiger partial charge in [-0.05, 0) is 68.4 Å². The Morgan fingerprint density at radius 3 is 1.86 bits per heavy atom. The molecule has 0 fully saturated rings. The zero-order valence-electron chi connectivity index (χ0n) is 27.5. The number of fused-ring (bicyclic) bond motifs is 8. The maximum Gasteiger partial charge on any atom is 0.160 e. The van der Waals surface area contributed by atoms with Crippen molar-refractivity contribution in [1.29, 1.82) is 0 Å². The Hall–Kier alpha value is -6.84. The van der Waals surface area contributed by atoms with Gasteiger partial charge in [-0.25, -0.2) is 9.97 Å². The van der Waals surface area contributed by atoms with Crippen LogP contribution in [0, 0.1) is 0 Å². The molecule has 2 aromatic heterocycles. The number of furan rings is 1. The van der Waals surface area contributed by atoms with Gasteiger partial charge >= 0.3 is 0 Å². The van der Waals surface area contributed by atoms with Crippen LogP contribution in [0.1, 0.15) is 0 Å². The van der Waals surface area contributed by atoms with E-state index in [1.807, 2.05) is 18.2 Å². The van der Waals surface area contributed by atoms with Crippen molar-refractivity contribution >= 4 is 43.5 Å². The lowest BCUT2D eigenvalue weighted by atomic mass is 9.97. The number of rotatable bonds is 4. The van der Waals surface area contributed by atoms with Crippen molar-refractivity contribution in [3.05, 3.63) is 170 Å². The largest absolute Gasteiger partial charge is 0.455 e. The zero-order valence-corrected chi connectivity index (χ0v) is 27.5. The quantitative estimate of drug-likeness (QED) is 0.191. The third-order valence-corrected chi connectivity index (χ3v) is 10.4. The SMILES string of the molecule is c1ccc(-c2cc(-c3ccc(-c4cccc5ccccc45)cc3)nc(-c3ccc4c(c3)-c3cccc5c3c-4cc3c4ccccc4oc53)n2)cc1. The lowest BCUT2D eigenvalue weighted by Gasteiger charge is -2.12. The summed E-state index contributed by atoms with van der Waals surface area (Å²) in [4.78, 5) is 10.4. The molecule has 0 amide bonds. The summed E-state index contributed by atoms with van der Waals surface area (Å²) in [6, 6.07) is 60.1. The lowest BCUT2D eigenvalue weighted by Crippen LogP contribution is -1.96. The molecule has 8 aromatic carbocycles. The minimum absolute atomic E-state index is 0.704. The van der Waals surface area contributed by atoms with E-state index < -0.39 is 0 Å². The van der Waals surface area contributed by atoms with E-state index in [0.717, 1.165) is 55.4 Å². The van der Waals surface area contributed by atoms with Crippen LogP contribution in [0.3, 0.4) is 0 Å². The highest BCUT2D eigenvalue weighted by atomic mass is 16.3. The van der Waals surface area contributed by atoms with Crippen LogP contribution < -0.4 is 0 Å². The van der Waals surface area contributed by atoms with E-state index in [9.17, 15) is 0 Å². The van der Waals surface area contributed by atoms with Gasteiger partial charge in [-0.3, -0.25) is 0 Å². The Bertz CT molecular complexity index is 3010. The Labute approximate surface area is 294 Å². The minimum atomic E-state index is 0.704. The van der Waals surface area contributed by atoms with Gasteiger partial charge in [0.1, 0.15) is 11.2 Å². The maximum atomic E-state index is 6.44. The molecule has 0 N–H and O–H groups in total. The fourth-order valence-corrected chi connectivity index (χ4v) is 8.01. The molecule has 0 atom stereocenters. The molecule has 1 aliphatic rings.